The van der Waals surface area contributed by atoms with Crippen LogP contribution in [-0.2, 0) is 11.3 Å². The summed E-state index contributed by atoms with van der Waals surface area (Å²) in [6, 6.07) is 16.3. The van der Waals surface area contributed by atoms with Crippen molar-refractivity contribution in [3.8, 4) is 11.5 Å². The number of aromatic nitrogens is 1. The molecule has 1 atom stereocenters. The number of para-hydroxylation sites is 1. The zero-order valence-corrected chi connectivity index (χ0v) is 16.4. The van der Waals surface area contributed by atoms with E-state index in [1.54, 1.807) is 14.2 Å². The average molecular weight is 378 g/mol. The van der Waals surface area contributed by atoms with Crippen LogP contribution in [0.25, 0.3) is 10.9 Å². The number of amides is 1. The number of methoxy groups -OCH3 is 2. The van der Waals surface area contributed by atoms with E-state index in [0.29, 0.717) is 13.0 Å². The molecular formula is C23H26N2O3. The third kappa shape index (κ3) is 3.44. The quantitative estimate of drug-likeness (QED) is 0.638. The van der Waals surface area contributed by atoms with Crippen molar-refractivity contribution in [1.29, 1.82) is 0 Å². The Morgan fingerprint density at radius 3 is 2.79 bits per heavy atom. The molecule has 5 nitrogen and oxygen atoms in total. The van der Waals surface area contributed by atoms with E-state index in [0.717, 1.165) is 36.4 Å². The van der Waals surface area contributed by atoms with Gasteiger partial charge in [-0.1, -0.05) is 18.2 Å². The molecule has 5 heteroatoms. The van der Waals surface area contributed by atoms with E-state index in [1.807, 2.05) is 35.2 Å². The second kappa shape index (κ2) is 7.97. The van der Waals surface area contributed by atoms with Crippen molar-refractivity contribution in [2.45, 2.75) is 31.8 Å². The van der Waals surface area contributed by atoms with Gasteiger partial charge in [-0.25, -0.2) is 0 Å². The fourth-order valence-corrected chi connectivity index (χ4v) is 4.18. The zero-order valence-electron chi connectivity index (χ0n) is 16.4. The Labute approximate surface area is 165 Å². The van der Waals surface area contributed by atoms with Gasteiger partial charge in [-0.2, -0.15) is 0 Å². The molecule has 0 aliphatic carbocycles. The molecule has 0 saturated carbocycles. The lowest BCUT2D eigenvalue weighted by molar-refractivity contribution is -0.132. The third-order valence-electron chi connectivity index (χ3n) is 5.62. The molecular weight excluding hydrogens is 352 g/mol. The number of carbonyl (C=O) groups is 1. The monoisotopic (exact) mass is 378 g/mol. The topological polar surface area (TPSA) is 43.7 Å². The maximum Gasteiger partial charge on any atom is 0.224 e. The highest BCUT2D eigenvalue weighted by atomic mass is 16.5. The van der Waals surface area contributed by atoms with Crippen LogP contribution in [0.2, 0.25) is 0 Å². The number of hydrogen-bond acceptors (Lipinski definition) is 3. The third-order valence-corrected chi connectivity index (χ3v) is 5.62. The van der Waals surface area contributed by atoms with Crippen LogP contribution in [0.3, 0.4) is 0 Å². The van der Waals surface area contributed by atoms with Crippen LogP contribution >= 0.6 is 0 Å². The van der Waals surface area contributed by atoms with Crippen LogP contribution in [0.1, 0.15) is 30.9 Å². The molecule has 2 aromatic carbocycles. The molecule has 1 fully saturated rings. The van der Waals surface area contributed by atoms with E-state index in [4.69, 9.17) is 9.47 Å². The number of ether oxygens (including phenoxy) is 2. The summed E-state index contributed by atoms with van der Waals surface area (Å²) in [6.07, 6.45) is 4.53. The van der Waals surface area contributed by atoms with E-state index in [-0.39, 0.29) is 11.9 Å². The lowest BCUT2D eigenvalue weighted by Gasteiger charge is -2.27. The first-order valence-corrected chi connectivity index (χ1v) is 9.76. The molecule has 2 heterocycles. The Morgan fingerprint density at radius 1 is 1.11 bits per heavy atom. The highest BCUT2D eigenvalue weighted by Crippen LogP contribution is 2.39. The minimum absolute atomic E-state index is 0.0646. The van der Waals surface area contributed by atoms with Crippen molar-refractivity contribution in [1.82, 2.24) is 9.47 Å². The van der Waals surface area contributed by atoms with E-state index < -0.39 is 0 Å². The van der Waals surface area contributed by atoms with Crippen LogP contribution in [0.4, 0.5) is 0 Å². The molecule has 1 saturated heterocycles. The number of aryl methyl sites for hydroxylation is 1. The Morgan fingerprint density at radius 2 is 1.96 bits per heavy atom. The Bertz CT molecular complexity index is 979. The predicted octanol–water partition coefficient (Wildman–Crippen LogP) is 4.41. The first-order valence-electron chi connectivity index (χ1n) is 9.76. The highest BCUT2D eigenvalue weighted by molar-refractivity contribution is 5.81. The van der Waals surface area contributed by atoms with E-state index >= 15 is 0 Å². The fraction of sp³-hybridized carbons (Fsp3) is 0.348. The second-order valence-electron chi connectivity index (χ2n) is 7.17. The molecule has 28 heavy (non-hydrogen) atoms. The summed E-state index contributed by atoms with van der Waals surface area (Å²) >= 11 is 0. The summed E-state index contributed by atoms with van der Waals surface area (Å²) in [5.41, 5.74) is 2.23. The second-order valence-corrected chi connectivity index (χ2v) is 7.17. The zero-order chi connectivity index (χ0) is 19.5. The number of carbonyl (C=O) groups excluding carboxylic acids is 1. The first kappa shape index (κ1) is 18.4. The molecule has 1 unspecified atom stereocenters. The molecule has 4 rings (SSSR count). The molecule has 1 aromatic heterocycles. The molecule has 0 spiro atoms. The number of likely N-dealkylation sites (tertiary alicyclic amines) is 1. The Hall–Kier alpha value is -2.95. The molecule has 1 aliphatic rings. The lowest BCUT2D eigenvalue weighted by atomic mass is 10.0. The summed E-state index contributed by atoms with van der Waals surface area (Å²) in [7, 11) is 3.31. The van der Waals surface area contributed by atoms with E-state index in [2.05, 4.69) is 29.0 Å². The van der Waals surface area contributed by atoms with Gasteiger partial charge in [0.15, 0.2) is 0 Å². The molecule has 146 valence electrons. The number of nitrogens with zero attached hydrogens (tertiary/aromatic N) is 2. The fourth-order valence-electron chi connectivity index (χ4n) is 4.18. The summed E-state index contributed by atoms with van der Waals surface area (Å²) in [4.78, 5) is 15.0. The Balaban J connectivity index is 1.49. The van der Waals surface area contributed by atoms with Crippen molar-refractivity contribution in [3.05, 3.63) is 60.3 Å². The van der Waals surface area contributed by atoms with Gasteiger partial charge in [0.2, 0.25) is 5.91 Å². The van der Waals surface area contributed by atoms with Gasteiger partial charge in [-0.05, 0) is 42.5 Å². The van der Waals surface area contributed by atoms with Gasteiger partial charge in [-0.15, -0.1) is 0 Å². The minimum Gasteiger partial charge on any atom is -0.497 e. The van der Waals surface area contributed by atoms with Crippen molar-refractivity contribution >= 4 is 16.8 Å². The SMILES string of the molecule is COc1ccc(C2CCCN2C(=O)CCn2ccc3ccccc32)c(OC)c1. The Kier molecular flexibility index (Phi) is 5.24. The normalized spacial score (nSPS) is 16.5. The van der Waals surface area contributed by atoms with Crippen molar-refractivity contribution < 1.29 is 14.3 Å². The first-order chi connectivity index (χ1) is 13.7. The summed E-state index contributed by atoms with van der Waals surface area (Å²) in [6.45, 7) is 1.49. The highest BCUT2D eigenvalue weighted by Gasteiger charge is 2.31. The molecule has 3 aromatic rings. The van der Waals surface area contributed by atoms with Gasteiger partial charge in [0.25, 0.3) is 0 Å². The van der Waals surface area contributed by atoms with Crippen LogP contribution in [-0.4, -0.2) is 36.1 Å². The summed E-state index contributed by atoms with van der Waals surface area (Å²) in [5.74, 6) is 1.73. The van der Waals surface area contributed by atoms with Gasteiger partial charge in [-0.3, -0.25) is 4.79 Å². The summed E-state index contributed by atoms with van der Waals surface area (Å²) in [5, 5.41) is 1.21. The molecule has 0 N–H and O–H groups in total. The smallest absolute Gasteiger partial charge is 0.224 e. The molecule has 0 bridgehead atoms. The maximum atomic E-state index is 13.0. The minimum atomic E-state index is 0.0646. The van der Waals surface area contributed by atoms with Crippen LogP contribution in [0.15, 0.2) is 54.7 Å². The van der Waals surface area contributed by atoms with Gasteiger partial charge in [0.05, 0.1) is 20.3 Å². The van der Waals surface area contributed by atoms with Crippen LogP contribution in [0, 0.1) is 0 Å². The van der Waals surface area contributed by atoms with Crippen molar-refractivity contribution in [2.24, 2.45) is 0 Å². The average Bonchev–Trinajstić information content (AvgIpc) is 3.38. The van der Waals surface area contributed by atoms with Gasteiger partial charge in [0, 0.05) is 42.9 Å². The molecule has 1 amide bonds. The summed E-state index contributed by atoms with van der Waals surface area (Å²) < 4.78 is 13.0. The van der Waals surface area contributed by atoms with Crippen LogP contribution < -0.4 is 9.47 Å². The predicted molar refractivity (Wildman–Crippen MR) is 110 cm³/mol. The largest absolute Gasteiger partial charge is 0.497 e. The van der Waals surface area contributed by atoms with E-state index in [1.165, 1.54) is 10.9 Å². The van der Waals surface area contributed by atoms with Gasteiger partial charge in [0.1, 0.15) is 11.5 Å². The van der Waals surface area contributed by atoms with Gasteiger partial charge < -0.3 is 18.9 Å². The standard InChI is InChI=1S/C23H26N2O3/c1-27-18-9-10-19(22(16-18)28-2)21-8-5-13-25(21)23(26)12-15-24-14-11-17-6-3-4-7-20(17)24/h3-4,6-7,9-11,14,16,21H,5,8,12-13,15H2,1-2H3. The molecule has 0 radical (unpaired) electrons. The van der Waals surface area contributed by atoms with Crippen molar-refractivity contribution in [3.63, 3.8) is 0 Å². The van der Waals surface area contributed by atoms with E-state index in [9.17, 15) is 4.79 Å². The number of rotatable bonds is 6. The lowest BCUT2D eigenvalue weighted by Crippen LogP contribution is -2.31. The van der Waals surface area contributed by atoms with Gasteiger partial charge >= 0.3 is 0 Å². The van der Waals surface area contributed by atoms with Crippen LogP contribution in [0.5, 0.6) is 11.5 Å². The maximum absolute atomic E-state index is 13.0. The van der Waals surface area contributed by atoms with Crippen molar-refractivity contribution in [2.75, 3.05) is 20.8 Å². The number of hydrogen-bond donors (Lipinski definition) is 0. The number of benzene rings is 2. The number of fused-ring (bicyclic) bond motifs is 1. The molecule has 1 aliphatic heterocycles.